The van der Waals surface area contributed by atoms with Gasteiger partial charge in [0.15, 0.2) is 15.0 Å². The molecular formula is C27H40F4O3S2. The monoisotopic (exact) mass is 552 g/mol. The van der Waals surface area contributed by atoms with Crippen LogP contribution in [0, 0.1) is 11.8 Å². The molecule has 0 N–H and O–H groups in total. The molecule has 0 saturated heterocycles. The molecule has 2 aliphatic carbocycles. The van der Waals surface area contributed by atoms with Gasteiger partial charge in [-0.3, -0.25) is 0 Å². The van der Waals surface area contributed by atoms with Crippen LogP contribution in [0.4, 0.5) is 17.6 Å². The van der Waals surface area contributed by atoms with E-state index in [0.717, 1.165) is 21.6 Å². The summed E-state index contributed by atoms with van der Waals surface area (Å²) in [6.07, 6.45) is 1.04. The first-order valence-electron chi connectivity index (χ1n) is 12.5. The molecular weight excluding hydrogens is 512 g/mol. The van der Waals surface area contributed by atoms with Crippen LogP contribution in [-0.4, -0.2) is 28.9 Å². The van der Waals surface area contributed by atoms with Gasteiger partial charge in [0.1, 0.15) is 4.75 Å². The quantitative estimate of drug-likeness (QED) is 0.170. The molecule has 3 rings (SSSR count). The lowest BCUT2D eigenvalue weighted by molar-refractivity contribution is -0.199. The van der Waals surface area contributed by atoms with Crippen LogP contribution in [0.5, 0.6) is 0 Å². The van der Waals surface area contributed by atoms with E-state index in [4.69, 9.17) is 0 Å². The van der Waals surface area contributed by atoms with E-state index < -0.39 is 32.0 Å². The van der Waals surface area contributed by atoms with Gasteiger partial charge in [-0.15, -0.1) is 0 Å². The van der Waals surface area contributed by atoms with Crippen molar-refractivity contribution in [2.24, 2.45) is 11.8 Å². The molecule has 2 saturated carbocycles. The van der Waals surface area contributed by atoms with E-state index in [1.54, 1.807) is 0 Å². The summed E-state index contributed by atoms with van der Waals surface area (Å²) in [6.45, 7) is 18.9. The number of thiol groups is 1. The van der Waals surface area contributed by atoms with Crippen molar-refractivity contribution >= 4 is 21.9 Å². The Morgan fingerprint density at radius 1 is 0.889 bits per heavy atom. The Balaban J connectivity index is 2.23. The fraction of sp³-hybridized carbons (Fsp3) is 0.778. The highest BCUT2D eigenvalue weighted by Gasteiger charge is 2.75. The smallest absolute Gasteiger partial charge is 0.396 e. The normalized spacial score (nSPS) is 26.1. The van der Waals surface area contributed by atoms with E-state index in [1.165, 1.54) is 0 Å². The second-order valence-electron chi connectivity index (χ2n) is 13.8. The van der Waals surface area contributed by atoms with Gasteiger partial charge < -0.3 is 4.55 Å². The predicted octanol–water partition coefficient (Wildman–Crippen LogP) is 7.09. The molecule has 0 amide bonds. The zero-order valence-electron chi connectivity index (χ0n) is 22.7. The van der Waals surface area contributed by atoms with E-state index in [-0.39, 0.29) is 28.6 Å². The highest BCUT2D eigenvalue weighted by molar-refractivity contribution is 7.86. The third kappa shape index (κ3) is 4.86. The molecule has 1 aromatic carbocycles. The van der Waals surface area contributed by atoms with Gasteiger partial charge in [0.05, 0.1) is 5.92 Å². The lowest BCUT2D eigenvalue weighted by atomic mass is 9.69. The minimum absolute atomic E-state index is 0.178. The van der Waals surface area contributed by atoms with Crippen LogP contribution in [0.3, 0.4) is 0 Å². The van der Waals surface area contributed by atoms with Gasteiger partial charge in [0, 0.05) is 23.7 Å². The van der Waals surface area contributed by atoms with Crippen molar-refractivity contribution in [3.63, 3.8) is 0 Å². The first kappa shape index (κ1) is 29.8. The van der Waals surface area contributed by atoms with Crippen molar-refractivity contribution in [3.8, 4) is 0 Å². The summed E-state index contributed by atoms with van der Waals surface area (Å²) in [5.74, 6) is -7.03. The zero-order chi connectivity index (χ0) is 27.9. The van der Waals surface area contributed by atoms with Gasteiger partial charge >= 0.3 is 11.2 Å². The minimum atomic E-state index is -6.53. The summed E-state index contributed by atoms with van der Waals surface area (Å²) in [5.41, 5.74) is 2.50. The summed E-state index contributed by atoms with van der Waals surface area (Å²) in [5, 5.41) is -5.66. The van der Waals surface area contributed by atoms with Gasteiger partial charge in [-0.2, -0.15) is 17.6 Å². The Morgan fingerprint density at radius 2 is 1.42 bits per heavy atom. The average Bonchev–Trinajstić information content (AvgIpc) is 3.22. The molecule has 2 fully saturated rings. The van der Waals surface area contributed by atoms with Gasteiger partial charge in [-0.05, 0) is 58.6 Å². The third-order valence-electron chi connectivity index (χ3n) is 7.82. The number of benzene rings is 1. The zero-order valence-corrected chi connectivity index (χ0v) is 24.4. The van der Waals surface area contributed by atoms with Gasteiger partial charge in [-0.25, -0.2) is 8.42 Å². The standard InChI is InChI=1S/C27H40F4O3S2/c1-22(2,3)17-10-11-18(21(24(7,8)9)20(17)23(4,5)6)35-25-13-12-16(15-25)14-19(25)26(28,29)27(30,31)36(32,33)34/h10-11,16,19H,12-15H2,1-9H3,(H,32,33,34). The fourth-order valence-electron chi connectivity index (χ4n) is 6.35. The molecule has 9 heteroatoms. The number of rotatable bonds is 5. The molecule has 3 nitrogen and oxygen atoms in total. The van der Waals surface area contributed by atoms with Gasteiger partial charge in [0.25, 0.3) is 0 Å². The first-order chi connectivity index (χ1) is 15.9. The summed E-state index contributed by atoms with van der Waals surface area (Å²) in [7, 11) is -6.53. The SMILES string of the molecule is CC(C)(C)c1ccc([SH+]C23CCC(CC2C(F)(F)C(F)(F)S(=O)(=O)[O-])C3)c(C(C)(C)C)c1C(C)(C)C. The van der Waals surface area contributed by atoms with Crippen LogP contribution in [0.2, 0.25) is 0 Å². The molecule has 2 aliphatic rings. The Kier molecular flexibility index (Phi) is 7.11. The van der Waals surface area contributed by atoms with Crippen molar-refractivity contribution in [2.75, 3.05) is 0 Å². The molecule has 0 heterocycles. The number of fused-ring (bicyclic) bond motifs is 2. The number of halogens is 4. The summed E-state index contributed by atoms with van der Waals surface area (Å²) in [4.78, 5) is 0.817. The predicted molar refractivity (Wildman–Crippen MR) is 137 cm³/mol. The van der Waals surface area contributed by atoms with Crippen LogP contribution in [-0.2, 0) is 38.1 Å². The average molecular weight is 553 g/mol. The third-order valence-corrected chi connectivity index (χ3v) is 10.5. The largest absolute Gasteiger partial charge is 0.743 e. The maximum Gasteiger partial charge on any atom is 0.396 e. The van der Waals surface area contributed by atoms with Crippen molar-refractivity contribution < 1.29 is 30.5 Å². The van der Waals surface area contributed by atoms with E-state index in [0.29, 0.717) is 31.0 Å². The van der Waals surface area contributed by atoms with Crippen LogP contribution in [0.15, 0.2) is 17.0 Å². The fourth-order valence-corrected chi connectivity index (χ4v) is 9.03. The van der Waals surface area contributed by atoms with Gasteiger partial charge in [0.2, 0.25) is 0 Å². The Bertz CT molecular complexity index is 1130. The highest BCUT2D eigenvalue weighted by atomic mass is 32.2. The molecule has 0 aliphatic heterocycles. The number of alkyl halides is 4. The molecule has 1 aromatic rings. The van der Waals surface area contributed by atoms with Crippen LogP contribution in [0.1, 0.15) is 105 Å². The van der Waals surface area contributed by atoms with E-state index in [2.05, 4.69) is 62.3 Å². The summed E-state index contributed by atoms with van der Waals surface area (Å²) >= 11 is 0.499. The summed E-state index contributed by atoms with van der Waals surface area (Å²) < 4.78 is 91.8. The highest BCUT2D eigenvalue weighted by Crippen LogP contribution is 2.63. The number of hydrogen-bond donors (Lipinski definition) is 0. The van der Waals surface area contributed by atoms with Crippen molar-refractivity contribution in [3.05, 3.63) is 28.8 Å². The molecule has 3 atom stereocenters. The Morgan fingerprint density at radius 3 is 1.83 bits per heavy atom. The van der Waals surface area contributed by atoms with Crippen LogP contribution < -0.4 is 0 Å². The second kappa shape index (κ2) is 8.60. The van der Waals surface area contributed by atoms with E-state index in [9.17, 15) is 21.8 Å². The van der Waals surface area contributed by atoms with Crippen molar-refractivity contribution in [1.29, 1.82) is 0 Å². The van der Waals surface area contributed by atoms with Crippen LogP contribution >= 0.6 is 0 Å². The van der Waals surface area contributed by atoms with Crippen molar-refractivity contribution in [1.82, 2.24) is 0 Å². The maximum atomic E-state index is 15.3. The Labute approximate surface area is 217 Å². The molecule has 3 unspecified atom stereocenters. The topological polar surface area (TPSA) is 57.2 Å². The molecule has 0 radical (unpaired) electrons. The Hall–Kier alpha value is -0.800. The van der Waals surface area contributed by atoms with Crippen molar-refractivity contribution in [2.45, 2.75) is 125 Å². The minimum Gasteiger partial charge on any atom is -0.743 e. The van der Waals surface area contributed by atoms with Gasteiger partial charge in [-0.1, -0.05) is 68.4 Å². The maximum absolute atomic E-state index is 15.3. The summed E-state index contributed by atoms with van der Waals surface area (Å²) in [6, 6.07) is 3.97. The van der Waals surface area contributed by atoms with E-state index >= 15 is 8.78 Å². The number of hydrogen-bond acceptors (Lipinski definition) is 3. The molecule has 206 valence electrons. The molecule has 36 heavy (non-hydrogen) atoms. The molecule has 2 bridgehead atoms. The van der Waals surface area contributed by atoms with E-state index in [1.807, 2.05) is 12.1 Å². The lowest BCUT2D eigenvalue weighted by Crippen LogP contribution is -2.57. The second-order valence-corrected chi connectivity index (χ2v) is 16.9. The molecule has 0 spiro atoms. The van der Waals surface area contributed by atoms with Crippen LogP contribution in [0.25, 0.3) is 0 Å². The molecule has 0 aromatic heterocycles. The lowest BCUT2D eigenvalue weighted by Gasteiger charge is -2.40. The first-order valence-corrected chi connectivity index (χ1v) is 14.8.